The number of rotatable bonds is 5. The van der Waals surface area contributed by atoms with Crippen molar-refractivity contribution in [3.8, 4) is 0 Å². The highest BCUT2D eigenvalue weighted by atomic mass is 16.1. The zero-order chi connectivity index (χ0) is 14.5. The van der Waals surface area contributed by atoms with Gasteiger partial charge >= 0.3 is 0 Å². The average molecular weight is 272 g/mol. The minimum absolute atomic E-state index is 0.317. The van der Waals surface area contributed by atoms with Crippen molar-refractivity contribution in [1.29, 1.82) is 0 Å². The molecule has 1 aliphatic carbocycles. The van der Waals surface area contributed by atoms with Gasteiger partial charge in [0.1, 0.15) is 0 Å². The summed E-state index contributed by atoms with van der Waals surface area (Å²) in [6.07, 6.45) is 8.53. The van der Waals surface area contributed by atoms with Gasteiger partial charge in [-0.15, -0.1) is 0 Å². The number of carbonyl (C=O) groups excluding carboxylic acids is 1. The molecule has 0 heterocycles. The van der Waals surface area contributed by atoms with E-state index in [2.05, 4.69) is 26.8 Å². The Balaban J connectivity index is 1.76. The van der Waals surface area contributed by atoms with Crippen molar-refractivity contribution >= 4 is 5.78 Å². The molecule has 0 aromatic heterocycles. The summed E-state index contributed by atoms with van der Waals surface area (Å²) in [6.45, 7) is 6.53. The molecule has 0 saturated heterocycles. The predicted octanol–water partition coefficient (Wildman–Crippen LogP) is 5.48. The monoisotopic (exact) mass is 272 g/mol. The molecule has 110 valence electrons. The first-order valence-electron chi connectivity index (χ1n) is 8.16. The Hall–Kier alpha value is -1.11. The van der Waals surface area contributed by atoms with E-state index in [1.807, 2.05) is 12.1 Å². The first-order chi connectivity index (χ1) is 9.56. The van der Waals surface area contributed by atoms with E-state index >= 15 is 0 Å². The number of hydrogen-bond acceptors (Lipinski definition) is 1. The summed E-state index contributed by atoms with van der Waals surface area (Å²) < 4.78 is 0. The molecule has 2 rings (SSSR count). The molecular weight excluding hydrogens is 244 g/mol. The second-order valence-corrected chi connectivity index (χ2v) is 6.74. The van der Waals surface area contributed by atoms with Crippen LogP contribution in [0.1, 0.15) is 73.4 Å². The molecule has 1 aromatic rings. The molecule has 1 saturated carbocycles. The lowest BCUT2D eigenvalue weighted by atomic mass is 9.80. The second-order valence-electron chi connectivity index (χ2n) is 6.74. The van der Waals surface area contributed by atoms with Gasteiger partial charge in [-0.2, -0.15) is 0 Å². The normalized spacial score (nSPS) is 22.8. The summed E-state index contributed by atoms with van der Waals surface area (Å²) >= 11 is 0. The van der Waals surface area contributed by atoms with Crippen LogP contribution in [0.15, 0.2) is 18.2 Å². The van der Waals surface area contributed by atoms with Gasteiger partial charge in [-0.25, -0.2) is 0 Å². The number of ketones is 1. The standard InChI is InChI=1S/C19H28O/c1-14-7-10-17(11-8-14)5-4-6-19(20)18-12-9-15(2)16(3)13-18/h9,12-14,17H,4-8,10-11H2,1-3H3/t14-,17-. The molecule has 20 heavy (non-hydrogen) atoms. The quantitative estimate of drug-likeness (QED) is 0.648. The minimum atomic E-state index is 0.317. The molecule has 1 heteroatoms. The van der Waals surface area contributed by atoms with Crippen molar-refractivity contribution < 1.29 is 4.79 Å². The summed E-state index contributed by atoms with van der Waals surface area (Å²) in [4.78, 5) is 12.2. The Morgan fingerprint density at radius 2 is 1.80 bits per heavy atom. The van der Waals surface area contributed by atoms with Gasteiger partial charge in [0.05, 0.1) is 0 Å². The maximum atomic E-state index is 12.2. The van der Waals surface area contributed by atoms with E-state index in [1.165, 1.54) is 43.2 Å². The highest BCUT2D eigenvalue weighted by Crippen LogP contribution is 2.31. The number of carbonyl (C=O) groups is 1. The van der Waals surface area contributed by atoms with Crippen molar-refractivity contribution in [3.63, 3.8) is 0 Å². The summed E-state index contributed by atoms with van der Waals surface area (Å²) in [5, 5.41) is 0. The molecule has 1 aliphatic rings. The summed E-state index contributed by atoms with van der Waals surface area (Å²) in [5.74, 6) is 2.11. The van der Waals surface area contributed by atoms with Gasteiger partial charge in [0, 0.05) is 12.0 Å². The van der Waals surface area contributed by atoms with Crippen LogP contribution < -0.4 is 0 Å². The van der Waals surface area contributed by atoms with Crippen molar-refractivity contribution in [1.82, 2.24) is 0 Å². The zero-order valence-electron chi connectivity index (χ0n) is 13.2. The fourth-order valence-electron chi connectivity index (χ4n) is 3.23. The average Bonchev–Trinajstić information content (AvgIpc) is 2.44. The van der Waals surface area contributed by atoms with Crippen LogP contribution in [0.4, 0.5) is 0 Å². The van der Waals surface area contributed by atoms with Crippen LogP contribution in [0.25, 0.3) is 0 Å². The van der Waals surface area contributed by atoms with Crippen molar-refractivity contribution in [3.05, 3.63) is 34.9 Å². The first-order valence-corrected chi connectivity index (χ1v) is 8.16. The van der Waals surface area contributed by atoms with Gasteiger partial charge < -0.3 is 0 Å². The van der Waals surface area contributed by atoms with Crippen molar-refractivity contribution in [2.45, 2.75) is 65.7 Å². The fraction of sp³-hybridized carbons (Fsp3) is 0.632. The van der Waals surface area contributed by atoms with Gasteiger partial charge in [0.15, 0.2) is 5.78 Å². The maximum Gasteiger partial charge on any atom is 0.162 e. The molecule has 0 spiro atoms. The van der Waals surface area contributed by atoms with Gasteiger partial charge in [-0.1, -0.05) is 51.2 Å². The molecule has 1 fully saturated rings. The van der Waals surface area contributed by atoms with E-state index in [1.54, 1.807) is 0 Å². The molecule has 0 aliphatic heterocycles. The van der Waals surface area contributed by atoms with Gasteiger partial charge in [-0.3, -0.25) is 4.79 Å². The van der Waals surface area contributed by atoms with Crippen LogP contribution in [-0.2, 0) is 0 Å². The lowest BCUT2D eigenvalue weighted by Gasteiger charge is -2.25. The Morgan fingerprint density at radius 3 is 2.45 bits per heavy atom. The molecule has 1 aromatic carbocycles. The molecule has 0 amide bonds. The topological polar surface area (TPSA) is 17.1 Å². The van der Waals surface area contributed by atoms with Crippen LogP contribution in [-0.4, -0.2) is 5.78 Å². The molecular formula is C19H28O. The van der Waals surface area contributed by atoms with E-state index in [-0.39, 0.29) is 0 Å². The first kappa shape index (κ1) is 15.3. The number of Topliss-reactive ketones (excluding diaryl/α,β-unsaturated/α-hetero) is 1. The van der Waals surface area contributed by atoms with E-state index < -0.39 is 0 Å². The molecule has 0 radical (unpaired) electrons. The summed E-state index contributed by atoms with van der Waals surface area (Å²) in [5.41, 5.74) is 3.38. The number of benzene rings is 1. The van der Waals surface area contributed by atoms with Crippen molar-refractivity contribution in [2.75, 3.05) is 0 Å². The third-order valence-corrected chi connectivity index (χ3v) is 4.98. The van der Waals surface area contributed by atoms with Crippen molar-refractivity contribution in [2.24, 2.45) is 11.8 Å². The zero-order valence-corrected chi connectivity index (χ0v) is 13.2. The van der Waals surface area contributed by atoms with Gasteiger partial charge in [-0.05, 0) is 49.3 Å². The van der Waals surface area contributed by atoms with E-state index in [9.17, 15) is 4.79 Å². The fourth-order valence-corrected chi connectivity index (χ4v) is 3.23. The second kappa shape index (κ2) is 7.06. The van der Waals surface area contributed by atoms with Crippen LogP contribution >= 0.6 is 0 Å². The van der Waals surface area contributed by atoms with E-state index in [0.717, 1.165) is 23.8 Å². The number of hydrogen-bond donors (Lipinski definition) is 0. The molecule has 1 nitrogen and oxygen atoms in total. The Labute approximate surface area is 123 Å². The highest BCUT2D eigenvalue weighted by molar-refractivity contribution is 5.96. The Morgan fingerprint density at radius 1 is 1.10 bits per heavy atom. The largest absolute Gasteiger partial charge is 0.294 e. The summed E-state index contributed by atoms with van der Waals surface area (Å²) in [7, 11) is 0. The SMILES string of the molecule is Cc1ccc(C(=O)CCC[C@H]2CC[C@H](C)CC2)cc1C. The van der Waals surface area contributed by atoms with Crippen LogP contribution in [0.3, 0.4) is 0 Å². The third kappa shape index (κ3) is 4.19. The van der Waals surface area contributed by atoms with Crippen LogP contribution in [0.5, 0.6) is 0 Å². The third-order valence-electron chi connectivity index (χ3n) is 4.98. The smallest absolute Gasteiger partial charge is 0.162 e. The molecule has 0 unspecified atom stereocenters. The highest BCUT2D eigenvalue weighted by Gasteiger charge is 2.18. The minimum Gasteiger partial charge on any atom is -0.294 e. The summed E-state index contributed by atoms with van der Waals surface area (Å²) in [6, 6.07) is 6.08. The van der Waals surface area contributed by atoms with E-state index in [0.29, 0.717) is 12.2 Å². The molecule has 0 bridgehead atoms. The van der Waals surface area contributed by atoms with Gasteiger partial charge in [0.25, 0.3) is 0 Å². The molecule has 0 N–H and O–H groups in total. The maximum absolute atomic E-state index is 12.2. The Kier molecular flexibility index (Phi) is 5.39. The lowest BCUT2D eigenvalue weighted by molar-refractivity contribution is 0.0976. The van der Waals surface area contributed by atoms with Gasteiger partial charge in [0.2, 0.25) is 0 Å². The Bertz CT molecular complexity index is 453. The number of aryl methyl sites for hydroxylation is 2. The van der Waals surface area contributed by atoms with E-state index in [4.69, 9.17) is 0 Å². The predicted molar refractivity (Wildman–Crippen MR) is 85.2 cm³/mol. The van der Waals surface area contributed by atoms with Crippen LogP contribution in [0, 0.1) is 25.7 Å². The lowest BCUT2D eigenvalue weighted by Crippen LogP contribution is -2.12. The van der Waals surface area contributed by atoms with Crippen LogP contribution in [0.2, 0.25) is 0 Å². The molecule has 0 atom stereocenters.